The maximum Gasteiger partial charge on any atom is 0.243 e. The molecular weight excluding hydrogens is 338 g/mol. The van der Waals surface area contributed by atoms with Crippen LogP contribution in [0, 0.1) is 0 Å². The zero-order valence-electron chi connectivity index (χ0n) is 13.4. The predicted molar refractivity (Wildman–Crippen MR) is 90.0 cm³/mol. The third-order valence-corrected chi connectivity index (χ3v) is 5.93. The molecule has 0 saturated carbocycles. The number of rotatable bonds is 5. The van der Waals surface area contributed by atoms with Crippen LogP contribution in [0.1, 0.15) is 6.42 Å². The quantitative estimate of drug-likeness (QED) is 0.790. The van der Waals surface area contributed by atoms with Gasteiger partial charge in [-0.25, -0.2) is 8.42 Å². The van der Waals surface area contributed by atoms with E-state index >= 15 is 0 Å². The highest BCUT2D eigenvalue weighted by molar-refractivity contribution is 7.89. The number of carbonyl (C=O) groups is 1. The first-order valence-electron chi connectivity index (χ1n) is 7.49. The van der Waals surface area contributed by atoms with Gasteiger partial charge in [-0.15, -0.1) is 0 Å². The summed E-state index contributed by atoms with van der Waals surface area (Å²) < 4.78 is 26.6. The molecule has 1 aromatic rings. The SMILES string of the molecule is CN(C)CCC(=O)N1CCN(S(=O)(=O)c2cccc(Cl)c2)CC1. The third kappa shape index (κ3) is 4.67. The molecule has 1 heterocycles. The molecule has 128 valence electrons. The number of hydrogen-bond acceptors (Lipinski definition) is 4. The zero-order chi connectivity index (χ0) is 17.0. The summed E-state index contributed by atoms with van der Waals surface area (Å²) in [6, 6.07) is 6.25. The third-order valence-electron chi connectivity index (χ3n) is 3.80. The summed E-state index contributed by atoms with van der Waals surface area (Å²) in [5.41, 5.74) is 0. The molecule has 1 fully saturated rings. The number of benzene rings is 1. The van der Waals surface area contributed by atoms with E-state index in [-0.39, 0.29) is 10.8 Å². The number of nitrogens with zero attached hydrogens (tertiary/aromatic N) is 3. The first-order chi connectivity index (χ1) is 10.8. The molecule has 0 bridgehead atoms. The molecule has 1 aliphatic rings. The molecule has 0 N–H and O–H groups in total. The van der Waals surface area contributed by atoms with Gasteiger partial charge in [-0.3, -0.25) is 4.79 Å². The van der Waals surface area contributed by atoms with Crippen LogP contribution in [0.3, 0.4) is 0 Å². The van der Waals surface area contributed by atoms with Crippen LogP contribution < -0.4 is 0 Å². The highest BCUT2D eigenvalue weighted by atomic mass is 35.5. The minimum absolute atomic E-state index is 0.0681. The minimum atomic E-state index is -3.56. The Balaban J connectivity index is 1.97. The van der Waals surface area contributed by atoms with E-state index in [4.69, 9.17) is 11.6 Å². The van der Waals surface area contributed by atoms with Crippen molar-refractivity contribution in [3.63, 3.8) is 0 Å². The number of carbonyl (C=O) groups excluding carboxylic acids is 1. The minimum Gasteiger partial charge on any atom is -0.340 e. The van der Waals surface area contributed by atoms with Crippen LogP contribution in [0.4, 0.5) is 0 Å². The van der Waals surface area contributed by atoms with Crippen LogP contribution in [0.15, 0.2) is 29.2 Å². The van der Waals surface area contributed by atoms with Gasteiger partial charge in [0, 0.05) is 44.2 Å². The molecule has 0 aromatic heterocycles. The van der Waals surface area contributed by atoms with Crippen molar-refractivity contribution >= 4 is 27.5 Å². The second kappa shape index (κ2) is 7.61. The summed E-state index contributed by atoms with van der Waals surface area (Å²) in [7, 11) is 0.282. The van der Waals surface area contributed by atoms with Crippen LogP contribution in [0.2, 0.25) is 5.02 Å². The lowest BCUT2D eigenvalue weighted by molar-refractivity contribution is -0.132. The molecule has 6 nitrogen and oxygen atoms in total. The van der Waals surface area contributed by atoms with E-state index in [0.717, 1.165) is 0 Å². The number of hydrogen-bond donors (Lipinski definition) is 0. The van der Waals surface area contributed by atoms with Gasteiger partial charge in [0.15, 0.2) is 0 Å². The van der Waals surface area contributed by atoms with Gasteiger partial charge in [0.05, 0.1) is 4.90 Å². The molecule has 0 spiro atoms. The maximum absolute atomic E-state index is 12.6. The molecule has 0 radical (unpaired) electrons. The lowest BCUT2D eigenvalue weighted by Crippen LogP contribution is -2.50. The first kappa shape index (κ1) is 18.2. The van der Waals surface area contributed by atoms with E-state index in [2.05, 4.69) is 0 Å². The fraction of sp³-hybridized carbons (Fsp3) is 0.533. The van der Waals surface area contributed by atoms with Crippen molar-refractivity contribution in [2.24, 2.45) is 0 Å². The van der Waals surface area contributed by atoms with Gasteiger partial charge in [0.1, 0.15) is 0 Å². The molecule has 1 aromatic carbocycles. The van der Waals surface area contributed by atoms with E-state index < -0.39 is 10.0 Å². The molecule has 8 heteroatoms. The van der Waals surface area contributed by atoms with Crippen LogP contribution in [0.25, 0.3) is 0 Å². The highest BCUT2D eigenvalue weighted by Crippen LogP contribution is 2.21. The van der Waals surface area contributed by atoms with Gasteiger partial charge >= 0.3 is 0 Å². The molecular formula is C15H22ClN3O3S. The maximum atomic E-state index is 12.6. The van der Waals surface area contributed by atoms with E-state index in [1.54, 1.807) is 17.0 Å². The predicted octanol–water partition coefficient (Wildman–Crippen LogP) is 1.12. The second-order valence-electron chi connectivity index (χ2n) is 5.80. The number of amides is 1. The van der Waals surface area contributed by atoms with Gasteiger partial charge < -0.3 is 9.80 Å². The van der Waals surface area contributed by atoms with Crippen molar-refractivity contribution < 1.29 is 13.2 Å². The molecule has 0 aliphatic carbocycles. The summed E-state index contributed by atoms with van der Waals surface area (Å²) in [6.07, 6.45) is 0.452. The second-order valence-corrected chi connectivity index (χ2v) is 8.17. The molecule has 1 saturated heterocycles. The van der Waals surface area contributed by atoms with E-state index in [1.807, 2.05) is 19.0 Å². The standard InChI is InChI=1S/C15H22ClN3O3S/c1-17(2)7-6-15(20)18-8-10-19(11-9-18)23(21,22)14-5-3-4-13(16)12-14/h3-5,12H,6-11H2,1-2H3. The molecule has 0 atom stereocenters. The average Bonchev–Trinajstić information content (AvgIpc) is 2.52. The van der Waals surface area contributed by atoms with Gasteiger partial charge in [-0.05, 0) is 32.3 Å². The Labute approximate surface area is 142 Å². The Kier molecular flexibility index (Phi) is 6.02. The van der Waals surface area contributed by atoms with Gasteiger partial charge in [-0.1, -0.05) is 17.7 Å². The zero-order valence-corrected chi connectivity index (χ0v) is 15.0. The number of piperazine rings is 1. The summed E-state index contributed by atoms with van der Waals surface area (Å²) >= 11 is 5.88. The average molecular weight is 360 g/mol. The lowest BCUT2D eigenvalue weighted by atomic mass is 10.3. The van der Waals surface area contributed by atoms with Crippen LogP contribution in [-0.2, 0) is 14.8 Å². The number of sulfonamides is 1. The highest BCUT2D eigenvalue weighted by Gasteiger charge is 2.30. The van der Waals surface area contributed by atoms with Crippen molar-refractivity contribution in [2.45, 2.75) is 11.3 Å². The van der Waals surface area contributed by atoms with Crippen molar-refractivity contribution in [2.75, 3.05) is 46.8 Å². The van der Waals surface area contributed by atoms with Crippen LogP contribution in [0.5, 0.6) is 0 Å². The van der Waals surface area contributed by atoms with E-state index in [1.165, 1.54) is 16.4 Å². The largest absolute Gasteiger partial charge is 0.340 e. The Bertz CT molecular complexity index is 656. The Hall–Kier alpha value is -1.15. The summed E-state index contributed by atoms with van der Waals surface area (Å²) in [4.78, 5) is 16.0. The van der Waals surface area contributed by atoms with E-state index in [9.17, 15) is 13.2 Å². The van der Waals surface area contributed by atoms with Crippen molar-refractivity contribution in [1.82, 2.24) is 14.1 Å². The molecule has 1 amide bonds. The Morgan fingerprint density at radius 3 is 2.43 bits per heavy atom. The lowest BCUT2D eigenvalue weighted by Gasteiger charge is -2.34. The van der Waals surface area contributed by atoms with E-state index in [0.29, 0.717) is 44.2 Å². The first-order valence-corrected chi connectivity index (χ1v) is 9.31. The summed E-state index contributed by atoms with van der Waals surface area (Å²) in [5.74, 6) is 0.0681. The fourth-order valence-electron chi connectivity index (χ4n) is 2.43. The van der Waals surface area contributed by atoms with Crippen LogP contribution >= 0.6 is 11.6 Å². The van der Waals surface area contributed by atoms with Gasteiger partial charge in [0.25, 0.3) is 0 Å². The Morgan fingerprint density at radius 1 is 1.22 bits per heavy atom. The van der Waals surface area contributed by atoms with Gasteiger partial charge in [-0.2, -0.15) is 4.31 Å². The Morgan fingerprint density at radius 2 is 1.87 bits per heavy atom. The van der Waals surface area contributed by atoms with Crippen molar-refractivity contribution in [3.8, 4) is 0 Å². The summed E-state index contributed by atoms with van der Waals surface area (Å²) in [5, 5.41) is 0.392. The van der Waals surface area contributed by atoms with Gasteiger partial charge in [0.2, 0.25) is 15.9 Å². The summed E-state index contributed by atoms with van der Waals surface area (Å²) in [6.45, 7) is 2.16. The normalized spacial score (nSPS) is 16.8. The van der Waals surface area contributed by atoms with Crippen LogP contribution in [-0.4, -0.2) is 75.2 Å². The van der Waals surface area contributed by atoms with Crippen molar-refractivity contribution in [1.29, 1.82) is 0 Å². The smallest absolute Gasteiger partial charge is 0.243 e. The number of halogens is 1. The molecule has 0 unspecified atom stereocenters. The monoisotopic (exact) mass is 359 g/mol. The van der Waals surface area contributed by atoms with Crippen molar-refractivity contribution in [3.05, 3.63) is 29.3 Å². The fourth-order valence-corrected chi connectivity index (χ4v) is 4.16. The molecule has 23 heavy (non-hydrogen) atoms. The molecule has 1 aliphatic heterocycles. The topological polar surface area (TPSA) is 60.9 Å². The molecule has 2 rings (SSSR count).